The van der Waals surface area contributed by atoms with E-state index in [-0.39, 0.29) is 11.9 Å². The number of hydrogen-bond donors (Lipinski definition) is 1. The normalized spacial score (nSPS) is 19.0. The van der Waals surface area contributed by atoms with Gasteiger partial charge in [0, 0.05) is 35.9 Å². The summed E-state index contributed by atoms with van der Waals surface area (Å²) in [6.45, 7) is 11.2. The molecule has 1 aliphatic carbocycles. The van der Waals surface area contributed by atoms with E-state index in [1.165, 1.54) is 0 Å². The molecular weight excluding hydrogens is 384 g/mol. The van der Waals surface area contributed by atoms with E-state index >= 15 is 0 Å². The zero-order chi connectivity index (χ0) is 21.2. The monoisotopic (exact) mass is 408 g/mol. The quantitative estimate of drug-likeness (QED) is 0.689. The standard InChI is InChI=1S/C21H21ClN4O.C2H4/c1-3-26-11-13-4-5-14(10-18(13)25-20(26)27)21(2,12-23)16-7-6-15-17(22)8-9-24-19(15)16;1-2/h4-5,8-10,16H,3,6-7,11H2,1-2H3,(H,25,27);1-2H2/t16?,21-;/m1./s1. The van der Waals surface area contributed by atoms with Crippen molar-refractivity contribution in [3.05, 3.63) is 71.0 Å². The van der Waals surface area contributed by atoms with Crippen molar-refractivity contribution < 1.29 is 4.79 Å². The highest BCUT2D eigenvalue weighted by Gasteiger charge is 2.43. The molecule has 0 spiro atoms. The van der Waals surface area contributed by atoms with Gasteiger partial charge < -0.3 is 10.2 Å². The Morgan fingerprint density at radius 3 is 2.86 bits per heavy atom. The number of rotatable bonds is 3. The number of amides is 2. The van der Waals surface area contributed by atoms with Crippen LogP contribution in [0.2, 0.25) is 5.02 Å². The summed E-state index contributed by atoms with van der Waals surface area (Å²) < 4.78 is 0. The van der Waals surface area contributed by atoms with Crippen LogP contribution >= 0.6 is 11.6 Å². The van der Waals surface area contributed by atoms with Crippen LogP contribution in [0.5, 0.6) is 0 Å². The van der Waals surface area contributed by atoms with E-state index in [0.717, 1.165) is 45.9 Å². The van der Waals surface area contributed by atoms with Crippen molar-refractivity contribution in [3.63, 3.8) is 0 Å². The number of aromatic nitrogens is 1. The maximum atomic E-state index is 12.2. The summed E-state index contributed by atoms with van der Waals surface area (Å²) in [5, 5.41) is 13.8. The Hall–Kier alpha value is -2.84. The zero-order valence-electron chi connectivity index (χ0n) is 16.8. The molecule has 4 rings (SSSR count). The van der Waals surface area contributed by atoms with Gasteiger partial charge in [-0.3, -0.25) is 4.98 Å². The van der Waals surface area contributed by atoms with Gasteiger partial charge in [-0.15, -0.1) is 13.2 Å². The summed E-state index contributed by atoms with van der Waals surface area (Å²) in [4.78, 5) is 18.5. The molecule has 0 saturated carbocycles. The molecule has 2 amide bonds. The number of urea groups is 1. The molecule has 0 fully saturated rings. The number of halogens is 1. The van der Waals surface area contributed by atoms with E-state index < -0.39 is 5.41 Å². The number of carbonyl (C=O) groups is 1. The lowest BCUT2D eigenvalue weighted by atomic mass is 9.71. The van der Waals surface area contributed by atoms with Gasteiger partial charge in [0.25, 0.3) is 0 Å². The van der Waals surface area contributed by atoms with Gasteiger partial charge in [0.05, 0.1) is 17.2 Å². The van der Waals surface area contributed by atoms with Gasteiger partial charge in [0.2, 0.25) is 0 Å². The molecule has 0 saturated heterocycles. The molecule has 1 N–H and O–H groups in total. The molecule has 2 aliphatic rings. The van der Waals surface area contributed by atoms with Gasteiger partial charge in [-0.1, -0.05) is 23.7 Å². The van der Waals surface area contributed by atoms with E-state index in [1.54, 1.807) is 17.2 Å². The van der Waals surface area contributed by atoms with Crippen molar-refractivity contribution >= 4 is 23.3 Å². The Balaban J connectivity index is 0.00000117. The van der Waals surface area contributed by atoms with E-state index in [2.05, 4.69) is 29.5 Å². The smallest absolute Gasteiger partial charge is 0.320 e. The number of nitrogens with zero attached hydrogens (tertiary/aromatic N) is 3. The fourth-order valence-corrected chi connectivity index (χ4v) is 4.49. The third-order valence-corrected chi connectivity index (χ3v) is 6.31. The third-order valence-electron chi connectivity index (χ3n) is 5.96. The highest BCUT2D eigenvalue weighted by molar-refractivity contribution is 6.31. The van der Waals surface area contributed by atoms with Crippen molar-refractivity contribution in [2.75, 3.05) is 11.9 Å². The minimum absolute atomic E-state index is 0.0271. The highest BCUT2D eigenvalue weighted by Crippen LogP contribution is 2.48. The Bertz CT molecular complexity index is 983. The number of anilines is 1. The summed E-state index contributed by atoms with van der Waals surface area (Å²) in [5.74, 6) is -0.0271. The van der Waals surface area contributed by atoms with Gasteiger partial charge in [-0.2, -0.15) is 5.26 Å². The molecule has 0 bridgehead atoms. The molecule has 29 heavy (non-hydrogen) atoms. The van der Waals surface area contributed by atoms with Crippen molar-refractivity contribution in [1.82, 2.24) is 9.88 Å². The van der Waals surface area contributed by atoms with Gasteiger partial charge in [0.1, 0.15) is 0 Å². The SMILES string of the molecule is C=C.CCN1Cc2ccc([C@@](C)(C#N)C3CCc4c(Cl)ccnc43)cc2NC1=O. The molecule has 150 valence electrons. The maximum Gasteiger partial charge on any atom is 0.322 e. The number of hydrogen-bond acceptors (Lipinski definition) is 3. The first-order valence-corrected chi connectivity index (χ1v) is 10.1. The van der Waals surface area contributed by atoms with Crippen LogP contribution in [0.1, 0.15) is 48.6 Å². The molecule has 5 nitrogen and oxygen atoms in total. The van der Waals surface area contributed by atoms with Gasteiger partial charge in [-0.05, 0) is 55.5 Å². The molecule has 1 aliphatic heterocycles. The minimum Gasteiger partial charge on any atom is -0.320 e. The second-order valence-corrected chi connectivity index (χ2v) is 7.79. The van der Waals surface area contributed by atoms with Crippen molar-refractivity contribution in [2.45, 2.75) is 44.6 Å². The van der Waals surface area contributed by atoms with Gasteiger partial charge in [0.15, 0.2) is 0 Å². The fourth-order valence-electron chi connectivity index (χ4n) is 4.24. The summed E-state index contributed by atoms with van der Waals surface area (Å²) in [6.07, 6.45) is 3.38. The molecule has 2 aromatic rings. The van der Waals surface area contributed by atoms with E-state index in [4.69, 9.17) is 11.6 Å². The number of fused-ring (bicyclic) bond motifs is 2. The lowest BCUT2D eigenvalue weighted by molar-refractivity contribution is 0.210. The second kappa shape index (κ2) is 8.26. The number of carbonyl (C=O) groups excluding carboxylic acids is 1. The molecule has 6 heteroatoms. The van der Waals surface area contributed by atoms with Crippen LogP contribution < -0.4 is 5.32 Å². The van der Waals surface area contributed by atoms with E-state index in [1.807, 2.05) is 32.0 Å². The molecular formula is C23H25ClN4O. The fraction of sp³-hybridized carbons (Fsp3) is 0.348. The van der Waals surface area contributed by atoms with Crippen LogP contribution in [-0.2, 0) is 18.4 Å². The first-order valence-electron chi connectivity index (χ1n) is 9.71. The molecule has 1 aromatic carbocycles. The Kier molecular flexibility index (Phi) is 5.95. The van der Waals surface area contributed by atoms with Crippen LogP contribution in [0.3, 0.4) is 0 Å². The predicted octanol–water partition coefficient (Wildman–Crippen LogP) is 5.42. The highest BCUT2D eigenvalue weighted by atomic mass is 35.5. The maximum absolute atomic E-state index is 12.2. The van der Waals surface area contributed by atoms with Crippen LogP contribution in [-0.4, -0.2) is 22.5 Å². The topological polar surface area (TPSA) is 69.0 Å². The Morgan fingerprint density at radius 1 is 1.41 bits per heavy atom. The number of benzene rings is 1. The van der Waals surface area contributed by atoms with Crippen molar-refractivity contribution in [2.24, 2.45) is 0 Å². The molecule has 2 heterocycles. The number of pyridine rings is 1. The van der Waals surface area contributed by atoms with Crippen LogP contribution in [0.15, 0.2) is 43.6 Å². The minimum atomic E-state index is -0.745. The van der Waals surface area contributed by atoms with E-state index in [9.17, 15) is 10.1 Å². The summed E-state index contributed by atoms with van der Waals surface area (Å²) in [5.41, 5.74) is 3.98. The zero-order valence-corrected chi connectivity index (χ0v) is 17.6. The summed E-state index contributed by atoms with van der Waals surface area (Å²) in [6, 6.07) is 10.2. The number of nitriles is 1. The van der Waals surface area contributed by atoms with Crippen molar-refractivity contribution in [1.29, 1.82) is 5.26 Å². The molecule has 1 unspecified atom stereocenters. The average molecular weight is 409 g/mol. The Morgan fingerprint density at radius 2 is 2.17 bits per heavy atom. The summed E-state index contributed by atoms with van der Waals surface area (Å²) in [7, 11) is 0. The second-order valence-electron chi connectivity index (χ2n) is 7.38. The summed E-state index contributed by atoms with van der Waals surface area (Å²) >= 11 is 6.34. The Labute approximate surface area is 177 Å². The largest absolute Gasteiger partial charge is 0.322 e. The number of nitrogens with one attached hydrogen (secondary N) is 1. The molecule has 1 aromatic heterocycles. The third kappa shape index (κ3) is 3.49. The van der Waals surface area contributed by atoms with Gasteiger partial charge in [-0.25, -0.2) is 4.79 Å². The lowest BCUT2D eigenvalue weighted by Gasteiger charge is -2.32. The average Bonchev–Trinajstić information content (AvgIpc) is 3.20. The predicted molar refractivity (Wildman–Crippen MR) is 116 cm³/mol. The molecule has 2 atom stereocenters. The van der Waals surface area contributed by atoms with Crippen LogP contribution in [0.25, 0.3) is 0 Å². The first-order chi connectivity index (χ1) is 14.0. The lowest BCUT2D eigenvalue weighted by Crippen LogP contribution is -2.38. The van der Waals surface area contributed by atoms with E-state index in [0.29, 0.717) is 13.1 Å². The van der Waals surface area contributed by atoms with Crippen LogP contribution in [0.4, 0.5) is 10.5 Å². The first kappa shape index (κ1) is 20.9. The van der Waals surface area contributed by atoms with Gasteiger partial charge >= 0.3 is 6.03 Å². The van der Waals surface area contributed by atoms with Crippen molar-refractivity contribution in [3.8, 4) is 6.07 Å². The molecule has 0 radical (unpaired) electrons. The van der Waals surface area contributed by atoms with Crippen LogP contribution in [0, 0.1) is 11.3 Å².